The Kier molecular flexibility index (Phi) is 4.16. The average molecular weight is 327 g/mol. The molecule has 1 aromatic carbocycles. The molecule has 3 rings (SSSR count). The Hall–Kier alpha value is -2.96. The maximum Gasteiger partial charge on any atom is 0.285 e. The van der Waals surface area contributed by atoms with Gasteiger partial charge in [-0.15, -0.1) is 0 Å². The van der Waals surface area contributed by atoms with E-state index in [-0.39, 0.29) is 23.6 Å². The third-order valence-electron chi connectivity index (χ3n) is 4.36. The monoisotopic (exact) mass is 327 g/mol. The summed E-state index contributed by atoms with van der Waals surface area (Å²) in [6.45, 7) is 0.269. The van der Waals surface area contributed by atoms with Gasteiger partial charge >= 0.3 is 0 Å². The lowest BCUT2D eigenvalue weighted by Gasteiger charge is -2.16. The van der Waals surface area contributed by atoms with Gasteiger partial charge in [0.2, 0.25) is 5.91 Å². The summed E-state index contributed by atoms with van der Waals surface area (Å²) in [6.07, 6.45) is 3.11. The smallest absolute Gasteiger partial charge is 0.285 e. The van der Waals surface area contributed by atoms with Gasteiger partial charge in [0.15, 0.2) is 0 Å². The molecule has 1 aliphatic rings. The minimum Gasteiger partial charge on any atom is -0.354 e. The first-order chi connectivity index (χ1) is 11.5. The molecular formula is C17H17N3O4. The highest BCUT2D eigenvalue weighted by atomic mass is 16.6. The fourth-order valence-electron chi connectivity index (χ4n) is 2.74. The summed E-state index contributed by atoms with van der Waals surface area (Å²) >= 11 is 0. The Morgan fingerprint density at radius 3 is 2.54 bits per heavy atom. The number of hydrogen-bond donors (Lipinski definition) is 1. The molecule has 7 heteroatoms. The topological polar surface area (TPSA) is 94.2 Å². The van der Waals surface area contributed by atoms with Crippen molar-refractivity contribution in [3.63, 3.8) is 0 Å². The second-order valence-corrected chi connectivity index (χ2v) is 6.03. The van der Waals surface area contributed by atoms with Gasteiger partial charge in [-0.1, -0.05) is 30.3 Å². The maximum atomic E-state index is 12.1. The SMILES string of the molecule is O=C(Cn1cc([N+](=O)[O-])ccc1=O)NCC1(c2ccccc2)CC1. The number of carbonyl (C=O) groups is 1. The van der Waals surface area contributed by atoms with E-state index < -0.39 is 10.5 Å². The minimum absolute atomic E-state index is 0.0232. The Morgan fingerprint density at radius 1 is 1.21 bits per heavy atom. The first-order valence-electron chi connectivity index (χ1n) is 7.67. The molecule has 1 fully saturated rings. The molecule has 0 spiro atoms. The fraction of sp³-hybridized carbons (Fsp3) is 0.294. The molecule has 24 heavy (non-hydrogen) atoms. The van der Waals surface area contributed by atoms with Crippen LogP contribution in [0.15, 0.2) is 53.5 Å². The van der Waals surface area contributed by atoms with Crippen LogP contribution in [0.5, 0.6) is 0 Å². The van der Waals surface area contributed by atoms with E-state index in [2.05, 4.69) is 5.32 Å². The standard InChI is InChI=1S/C17H17N3O4/c21-15(11-19-10-14(20(23)24)6-7-16(19)22)18-12-17(8-9-17)13-4-2-1-3-5-13/h1-7,10H,8-9,11-12H2,(H,18,21). The summed E-state index contributed by atoms with van der Waals surface area (Å²) in [5.74, 6) is -0.334. The van der Waals surface area contributed by atoms with E-state index in [1.807, 2.05) is 30.3 Å². The summed E-state index contributed by atoms with van der Waals surface area (Å²) < 4.78 is 1.05. The summed E-state index contributed by atoms with van der Waals surface area (Å²) in [7, 11) is 0. The van der Waals surface area contributed by atoms with Crippen molar-refractivity contribution in [1.82, 2.24) is 9.88 Å². The lowest BCUT2D eigenvalue weighted by molar-refractivity contribution is -0.385. The Morgan fingerprint density at radius 2 is 1.92 bits per heavy atom. The van der Waals surface area contributed by atoms with Crippen molar-refractivity contribution < 1.29 is 9.72 Å². The minimum atomic E-state index is -0.595. The highest BCUT2D eigenvalue weighted by Crippen LogP contribution is 2.47. The van der Waals surface area contributed by atoms with Crippen molar-refractivity contribution >= 4 is 11.6 Å². The molecule has 1 heterocycles. The number of carbonyl (C=O) groups excluding carboxylic acids is 1. The van der Waals surface area contributed by atoms with Gasteiger partial charge < -0.3 is 5.32 Å². The molecule has 7 nitrogen and oxygen atoms in total. The van der Waals surface area contributed by atoms with E-state index in [4.69, 9.17) is 0 Å². The van der Waals surface area contributed by atoms with Crippen LogP contribution >= 0.6 is 0 Å². The largest absolute Gasteiger partial charge is 0.354 e. The zero-order chi connectivity index (χ0) is 17.2. The van der Waals surface area contributed by atoms with E-state index in [9.17, 15) is 19.7 Å². The van der Waals surface area contributed by atoms with Crippen LogP contribution in [0.2, 0.25) is 0 Å². The zero-order valence-electron chi connectivity index (χ0n) is 13.0. The number of nitrogens with zero attached hydrogens (tertiary/aromatic N) is 2. The first-order valence-corrected chi connectivity index (χ1v) is 7.67. The maximum absolute atomic E-state index is 12.1. The molecule has 1 amide bonds. The Labute approximate surface area is 138 Å². The molecule has 1 aliphatic carbocycles. The number of hydrogen-bond acceptors (Lipinski definition) is 4. The number of aromatic nitrogens is 1. The average Bonchev–Trinajstić information content (AvgIpc) is 3.37. The van der Waals surface area contributed by atoms with Gasteiger partial charge in [0.05, 0.1) is 11.1 Å². The van der Waals surface area contributed by atoms with Gasteiger partial charge in [0.1, 0.15) is 6.54 Å². The van der Waals surface area contributed by atoms with Crippen molar-refractivity contribution in [3.05, 3.63) is 74.7 Å². The van der Waals surface area contributed by atoms with Crippen LogP contribution < -0.4 is 10.9 Å². The predicted octanol–water partition coefficient (Wildman–Crippen LogP) is 1.60. The van der Waals surface area contributed by atoms with Crippen molar-refractivity contribution in [2.45, 2.75) is 24.8 Å². The van der Waals surface area contributed by atoms with Crippen LogP contribution in [0.1, 0.15) is 18.4 Å². The molecule has 1 N–H and O–H groups in total. The molecule has 0 bridgehead atoms. The Balaban J connectivity index is 1.64. The molecule has 124 valence electrons. The molecule has 1 aromatic heterocycles. The summed E-state index contributed by atoms with van der Waals surface area (Å²) in [4.78, 5) is 34.0. The van der Waals surface area contributed by atoms with Gasteiger partial charge in [0, 0.05) is 24.1 Å². The van der Waals surface area contributed by atoms with Crippen LogP contribution in [-0.4, -0.2) is 21.9 Å². The van der Waals surface area contributed by atoms with Crippen LogP contribution in [0.25, 0.3) is 0 Å². The number of pyridine rings is 1. The summed E-state index contributed by atoms with van der Waals surface area (Å²) in [5, 5.41) is 13.6. The Bertz CT molecular complexity index is 825. The highest BCUT2D eigenvalue weighted by Gasteiger charge is 2.44. The first kappa shape index (κ1) is 15.9. The van der Waals surface area contributed by atoms with E-state index in [0.717, 1.165) is 35.7 Å². The van der Waals surface area contributed by atoms with E-state index in [0.29, 0.717) is 6.54 Å². The van der Waals surface area contributed by atoms with E-state index in [1.54, 1.807) is 0 Å². The number of amides is 1. The molecule has 1 saturated carbocycles. The van der Waals surface area contributed by atoms with Crippen LogP contribution in [0, 0.1) is 10.1 Å². The second kappa shape index (κ2) is 6.27. The molecule has 0 atom stereocenters. The van der Waals surface area contributed by atoms with Gasteiger partial charge in [-0.2, -0.15) is 0 Å². The van der Waals surface area contributed by atoms with Gasteiger partial charge in [-0.3, -0.25) is 24.3 Å². The molecule has 0 radical (unpaired) electrons. The molecular weight excluding hydrogens is 310 g/mol. The van der Waals surface area contributed by atoms with Crippen molar-refractivity contribution in [2.24, 2.45) is 0 Å². The molecule has 2 aromatic rings. The molecule has 0 unspecified atom stereocenters. The molecule has 0 saturated heterocycles. The van der Waals surface area contributed by atoms with E-state index >= 15 is 0 Å². The van der Waals surface area contributed by atoms with Crippen molar-refractivity contribution in [1.29, 1.82) is 0 Å². The summed E-state index contributed by atoms with van der Waals surface area (Å²) in [5.41, 5.74) is 0.507. The lowest BCUT2D eigenvalue weighted by atomic mass is 9.96. The number of benzene rings is 1. The van der Waals surface area contributed by atoms with Crippen LogP contribution in [0.4, 0.5) is 5.69 Å². The number of nitrogens with one attached hydrogen (secondary N) is 1. The van der Waals surface area contributed by atoms with Crippen molar-refractivity contribution in [2.75, 3.05) is 6.54 Å². The fourth-order valence-corrected chi connectivity index (χ4v) is 2.74. The highest BCUT2D eigenvalue weighted by molar-refractivity contribution is 5.76. The third-order valence-corrected chi connectivity index (χ3v) is 4.36. The third kappa shape index (κ3) is 3.34. The van der Waals surface area contributed by atoms with Crippen molar-refractivity contribution in [3.8, 4) is 0 Å². The van der Waals surface area contributed by atoms with Gasteiger partial charge in [-0.25, -0.2) is 0 Å². The number of nitro groups is 1. The lowest BCUT2D eigenvalue weighted by Crippen LogP contribution is -2.36. The van der Waals surface area contributed by atoms with Gasteiger partial charge in [0.25, 0.3) is 11.2 Å². The number of rotatable bonds is 6. The van der Waals surface area contributed by atoms with E-state index in [1.165, 1.54) is 5.56 Å². The normalized spacial score (nSPS) is 14.8. The molecule has 0 aliphatic heterocycles. The van der Waals surface area contributed by atoms with Crippen LogP contribution in [-0.2, 0) is 16.8 Å². The van der Waals surface area contributed by atoms with Gasteiger partial charge in [-0.05, 0) is 18.4 Å². The van der Waals surface area contributed by atoms with Crippen LogP contribution in [0.3, 0.4) is 0 Å². The predicted molar refractivity (Wildman–Crippen MR) is 87.7 cm³/mol. The quantitative estimate of drug-likeness (QED) is 0.644. The zero-order valence-corrected chi connectivity index (χ0v) is 13.0. The second-order valence-electron chi connectivity index (χ2n) is 6.03. The summed E-state index contributed by atoms with van der Waals surface area (Å²) in [6, 6.07) is 12.2.